The molecule has 0 heterocycles. The summed E-state index contributed by atoms with van der Waals surface area (Å²) in [5, 5.41) is 13.2. The van der Waals surface area contributed by atoms with Crippen LogP contribution >= 0.6 is 23.2 Å². The zero-order chi connectivity index (χ0) is 16.7. The molecule has 122 valence electrons. The highest BCUT2D eigenvalue weighted by atomic mass is 35.5. The number of phenolic OH excluding ortho intramolecular Hbond substituents is 1. The molecule has 0 aliphatic carbocycles. The van der Waals surface area contributed by atoms with Crippen LogP contribution in [-0.4, -0.2) is 17.6 Å². The number of phenols is 1. The molecule has 0 bridgehead atoms. The summed E-state index contributed by atoms with van der Waals surface area (Å²) < 4.78 is 0. The Kier molecular flexibility index (Phi) is 6.75. The van der Waals surface area contributed by atoms with Crippen LogP contribution in [0.2, 0.25) is 10.0 Å². The molecule has 0 radical (unpaired) electrons. The van der Waals surface area contributed by atoms with Crippen LogP contribution in [0.5, 0.6) is 5.75 Å². The minimum atomic E-state index is 0.00625. The molecule has 0 aliphatic heterocycles. The van der Waals surface area contributed by atoms with E-state index in [-0.39, 0.29) is 11.7 Å². The molecular weight excluding hydrogens is 333 g/mol. The predicted molar refractivity (Wildman–Crippen MR) is 94.2 cm³/mol. The van der Waals surface area contributed by atoms with E-state index in [4.69, 9.17) is 23.2 Å². The van der Waals surface area contributed by atoms with Gasteiger partial charge in [0, 0.05) is 13.0 Å². The lowest BCUT2D eigenvalue weighted by Crippen LogP contribution is -2.25. The summed E-state index contributed by atoms with van der Waals surface area (Å²) in [6, 6.07) is 12.6. The molecular formula is C18H19Cl2NO2. The number of carbonyl (C=O) groups excluding carboxylic acids is 1. The average Bonchev–Trinajstić information content (AvgIpc) is 2.54. The van der Waals surface area contributed by atoms with Gasteiger partial charge < -0.3 is 10.4 Å². The molecule has 2 rings (SSSR count). The summed E-state index contributed by atoms with van der Waals surface area (Å²) in [5.41, 5.74) is 2.03. The molecule has 0 unspecified atom stereocenters. The van der Waals surface area contributed by atoms with Crippen molar-refractivity contribution in [3.05, 3.63) is 63.6 Å². The van der Waals surface area contributed by atoms with Gasteiger partial charge in [0.15, 0.2) is 0 Å². The van der Waals surface area contributed by atoms with Gasteiger partial charge >= 0.3 is 0 Å². The molecule has 1 amide bonds. The molecule has 2 aromatic carbocycles. The lowest BCUT2D eigenvalue weighted by Gasteiger charge is -2.07. The first-order valence-electron chi connectivity index (χ1n) is 7.54. The van der Waals surface area contributed by atoms with Crippen molar-refractivity contribution in [3.8, 4) is 5.75 Å². The van der Waals surface area contributed by atoms with Gasteiger partial charge in [0.25, 0.3) is 0 Å². The van der Waals surface area contributed by atoms with Gasteiger partial charge in [-0.05, 0) is 48.6 Å². The molecule has 5 heteroatoms. The van der Waals surface area contributed by atoms with Crippen molar-refractivity contribution in [2.75, 3.05) is 6.54 Å². The Bertz CT molecular complexity index is 657. The topological polar surface area (TPSA) is 49.3 Å². The Morgan fingerprint density at radius 3 is 2.52 bits per heavy atom. The molecule has 0 aliphatic rings. The van der Waals surface area contributed by atoms with E-state index in [9.17, 15) is 9.90 Å². The Balaban J connectivity index is 1.67. The number of carbonyl (C=O) groups is 1. The van der Waals surface area contributed by atoms with Crippen molar-refractivity contribution in [2.24, 2.45) is 0 Å². The van der Waals surface area contributed by atoms with Crippen LogP contribution < -0.4 is 5.32 Å². The Labute approximate surface area is 146 Å². The number of aryl methyl sites for hydroxylation is 2. The summed E-state index contributed by atoms with van der Waals surface area (Å²) in [7, 11) is 0. The van der Waals surface area contributed by atoms with Gasteiger partial charge in [-0.2, -0.15) is 0 Å². The Morgan fingerprint density at radius 2 is 1.78 bits per heavy atom. The van der Waals surface area contributed by atoms with Crippen molar-refractivity contribution < 1.29 is 9.90 Å². The maximum Gasteiger partial charge on any atom is 0.220 e. The van der Waals surface area contributed by atoms with Crippen LogP contribution in [-0.2, 0) is 17.6 Å². The normalized spacial score (nSPS) is 10.5. The Hall–Kier alpha value is -1.71. The SMILES string of the molecule is O=C(CCc1cccc(Cl)c1Cl)NCCCc1ccc(O)cc1. The third kappa shape index (κ3) is 5.77. The number of hydrogen-bond acceptors (Lipinski definition) is 2. The minimum Gasteiger partial charge on any atom is -0.508 e. The molecule has 0 spiro atoms. The van der Waals surface area contributed by atoms with E-state index in [2.05, 4.69) is 5.32 Å². The van der Waals surface area contributed by atoms with Crippen molar-refractivity contribution in [2.45, 2.75) is 25.7 Å². The lowest BCUT2D eigenvalue weighted by molar-refractivity contribution is -0.121. The second-order valence-corrected chi connectivity index (χ2v) is 6.12. The van der Waals surface area contributed by atoms with E-state index in [1.54, 1.807) is 18.2 Å². The third-order valence-corrected chi connectivity index (χ3v) is 4.41. The van der Waals surface area contributed by atoms with Crippen molar-refractivity contribution in [3.63, 3.8) is 0 Å². The van der Waals surface area contributed by atoms with Crippen LogP contribution in [0.3, 0.4) is 0 Å². The predicted octanol–water partition coefficient (Wildman–Crippen LogP) is 4.38. The van der Waals surface area contributed by atoms with E-state index in [0.29, 0.717) is 29.4 Å². The van der Waals surface area contributed by atoms with E-state index in [1.165, 1.54) is 0 Å². The standard InChI is InChI=1S/C18H19Cl2NO2/c19-16-5-1-4-14(18(16)20)8-11-17(23)21-12-2-3-13-6-9-15(22)10-7-13/h1,4-7,9-10,22H,2-3,8,11-12H2,(H,21,23). The van der Waals surface area contributed by atoms with Gasteiger partial charge in [0.1, 0.15) is 5.75 Å². The maximum absolute atomic E-state index is 11.8. The first-order valence-corrected chi connectivity index (χ1v) is 8.29. The molecule has 2 aromatic rings. The number of benzene rings is 2. The molecule has 0 fully saturated rings. The van der Waals surface area contributed by atoms with E-state index in [1.807, 2.05) is 24.3 Å². The van der Waals surface area contributed by atoms with Crippen molar-refractivity contribution >= 4 is 29.1 Å². The van der Waals surface area contributed by atoms with Crippen molar-refractivity contribution in [1.29, 1.82) is 0 Å². The monoisotopic (exact) mass is 351 g/mol. The van der Waals surface area contributed by atoms with Crippen LogP contribution in [0.25, 0.3) is 0 Å². The fourth-order valence-electron chi connectivity index (χ4n) is 2.26. The van der Waals surface area contributed by atoms with Crippen LogP contribution in [0.4, 0.5) is 0 Å². The summed E-state index contributed by atoms with van der Waals surface area (Å²) in [6.07, 6.45) is 2.68. The van der Waals surface area contributed by atoms with Crippen LogP contribution in [0.1, 0.15) is 24.0 Å². The molecule has 0 saturated heterocycles. The van der Waals surface area contributed by atoms with Gasteiger partial charge in [-0.15, -0.1) is 0 Å². The molecule has 0 atom stereocenters. The minimum absolute atomic E-state index is 0.00625. The fourth-order valence-corrected chi connectivity index (χ4v) is 2.68. The van der Waals surface area contributed by atoms with E-state index in [0.717, 1.165) is 24.0 Å². The van der Waals surface area contributed by atoms with Crippen LogP contribution in [0.15, 0.2) is 42.5 Å². The molecule has 0 saturated carbocycles. The van der Waals surface area contributed by atoms with Gasteiger partial charge in [-0.3, -0.25) is 4.79 Å². The second kappa shape index (κ2) is 8.80. The number of halogens is 2. The number of nitrogens with one attached hydrogen (secondary N) is 1. The fraction of sp³-hybridized carbons (Fsp3) is 0.278. The largest absolute Gasteiger partial charge is 0.508 e. The molecule has 0 aromatic heterocycles. The maximum atomic E-state index is 11.8. The van der Waals surface area contributed by atoms with E-state index < -0.39 is 0 Å². The van der Waals surface area contributed by atoms with Gasteiger partial charge in [0.05, 0.1) is 10.0 Å². The molecule has 3 nitrogen and oxygen atoms in total. The summed E-state index contributed by atoms with van der Waals surface area (Å²) >= 11 is 12.1. The molecule has 23 heavy (non-hydrogen) atoms. The number of aromatic hydroxyl groups is 1. The highest BCUT2D eigenvalue weighted by Crippen LogP contribution is 2.26. The third-order valence-electron chi connectivity index (χ3n) is 3.55. The second-order valence-electron chi connectivity index (χ2n) is 5.33. The zero-order valence-corrected chi connectivity index (χ0v) is 14.2. The Morgan fingerprint density at radius 1 is 1.04 bits per heavy atom. The van der Waals surface area contributed by atoms with Gasteiger partial charge in [-0.25, -0.2) is 0 Å². The molecule has 2 N–H and O–H groups in total. The quantitative estimate of drug-likeness (QED) is 0.727. The van der Waals surface area contributed by atoms with Crippen molar-refractivity contribution in [1.82, 2.24) is 5.32 Å². The van der Waals surface area contributed by atoms with E-state index >= 15 is 0 Å². The van der Waals surface area contributed by atoms with Gasteiger partial charge in [0.2, 0.25) is 5.91 Å². The first-order chi connectivity index (χ1) is 11.1. The number of hydrogen-bond donors (Lipinski definition) is 2. The lowest BCUT2D eigenvalue weighted by atomic mass is 10.1. The highest BCUT2D eigenvalue weighted by Gasteiger charge is 2.07. The first kappa shape index (κ1) is 17.6. The summed E-state index contributed by atoms with van der Waals surface area (Å²) in [6.45, 7) is 0.628. The van der Waals surface area contributed by atoms with Gasteiger partial charge in [-0.1, -0.05) is 47.5 Å². The summed E-state index contributed by atoms with van der Waals surface area (Å²) in [4.78, 5) is 11.8. The zero-order valence-electron chi connectivity index (χ0n) is 12.7. The smallest absolute Gasteiger partial charge is 0.220 e. The highest BCUT2D eigenvalue weighted by molar-refractivity contribution is 6.42. The number of amides is 1. The number of rotatable bonds is 7. The summed E-state index contributed by atoms with van der Waals surface area (Å²) in [5.74, 6) is 0.272. The average molecular weight is 352 g/mol. The van der Waals surface area contributed by atoms with Crippen LogP contribution in [0, 0.1) is 0 Å².